The Hall–Kier alpha value is -2.45. The van der Waals surface area contributed by atoms with Crippen molar-refractivity contribution in [2.24, 2.45) is 5.92 Å². The third-order valence-electron chi connectivity index (χ3n) is 6.78. The summed E-state index contributed by atoms with van der Waals surface area (Å²) in [5.41, 5.74) is 0.240. The zero-order chi connectivity index (χ0) is 22.0. The van der Waals surface area contributed by atoms with E-state index in [9.17, 15) is 19.1 Å². The van der Waals surface area contributed by atoms with E-state index in [-0.39, 0.29) is 34.0 Å². The highest BCUT2D eigenvalue weighted by atomic mass is 35.5. The second-order valence-corrected chi connectivity index (χ2v) is 8.94. The molecule has 2 unspecified atom stereocenters. The molecule has 2 fully saturated rings. The monoisotopic (exact) mass is 449 g/mol. The predicted octanol–water partition coefficient (Wildman–Crippen LogP) is 3.52. The zero-order valence-electron chi connectivity index (χ0n) is 16.9. The molecule has 0 radical (unpaired) electrons. The first-order chi connectivity index (χ1) is 14.8. The van der Waals surface area contributed by atoms with Gasteiger partial charge in [-0.25, -0.2) is 13.6 Å². The van der Waals surface area contributed by atoms with Gasteiger partial charge in [0.25, 0.3) is 0 Å². The Kier molecular flexibility index (Phi) is 4.82. The van der Waals surface area contributed by atoms with Crippen LogP contribution in [0.4, 0.5) is 14.5 Å². The molecule has 1 aliphatic heterocycles. The number of carboxylic acid groups (broad SMARTS) is 1. The number of carbonyl (C=O) groups is 1. The SMILES string of the molecule is CNC1CCC=C2CN(c3c(F)cc4c(=O)c(C(=O)O)cn([C@@H]5C[C@@H]5F)c4c3Cl)CC21. The molecule has 0 amide bonds. The topological polar surface area (TPSA) is 74.6 Å². The molecule has 4 atom stereocenters. The maximum absolute atomic E-state index is 15.3. The molecule has 2 aromatic rings. The minimum Gasteiger partial charge on any atom is -0.477 e. The van der Waals surface area contributed by atoms with E-state index in [0.717, 1.165) is 25.1 Å². The van der Waals surface area contributed by atoms with Gasteiger partial charge in [0.2, 0.25) is 5.43 Å². The van der Waals surface area contributed by atoms with Gasteiger partial charge in [-0.15, -0.1) is 0 Å². The van der Waals surface area contributed by atoms with Crippen LogP contribution in [0.3, 0.4) is 0 Å². The number of benzene rings is 1. The van der Waals surface area contributed by atoms with Gasteiger partial charge in [-0.3, -0.25) is 4.79 Å². The van der Waals surface area contributed by atoms with Crippen molar-refractivity contribution in [2.45, 2.75) is 37.5 Å². The Balaban J connectivity index is 1.68. The summed E-state index contributed by atoms with van der Waals surface area (Å²) < 4.78 is 30.6. The number of aromatic carboxylic acids is 1. The molecule has 9 heteroatoms. The lowest BCUT2D eigenvalue weighted by atomic mass is 9.86. The maximum Gasteiger partial charge on any atom is 0.341 e. The third kappa shape index (κ3) is 3.15. The standard InChI is InChI=1S/C22H22ClF2N3O3/c1-26-16-4-2-3-10-7-27(8-12(10)16)20-15(25)5-11-19(18(20)23)28(17-6-14(17)24)9-13(21(11)29)22(30)31/h3,5,9,12,14,16-17,26H,2,4,6-8H2,1H3,(H,30,31)/t12?,14-,16?,17+/m0/s1. The van der Waals surface area contributed by atoms with Crippen LogP contribution in [0.5, 0.6) is 0 Å². The van der Waals surface area contributed by atoms with Gasteiger partial charge in [-0.2, -0.15) is 0 Å². The predicted molar refractivity (Wildman–Crippen MR) is 115 cm³/mol. The third-order valence-corrected chi connectivity index (χ3v) is 7.13. The molecule has 1 aromatic heterocycles. The minimum absolute atomic E-state index is 0.0170. The Morgan fingerprint density at radius 3 is 2.77 bits per heavy atom. The second kappa shape index (κ2) is 7.31. The highest BCUT2D eigenvalue weighted by molar-refractivity contribution is 6.38. The van der Waals surface area contributed by atoms with Crippen LogP contribution in [0.1, 0.15) is 35.7 Å². The Labute approximate surface area is 182 Å². The molecule has 5 rings (SSSR count). The van der Waals surface area contributed by atoms with E-state index < -0.39 is 35.0 Å². The van der Waals surface area contributed by atoms with Crippen molar-refractivity contribution >= 4 is 34.2 Å². The highest BCUT2D eigenvalue weighted by Crippen LogP contribution is 2.45. The number of hydrogen-bond donors (Lipinski definition) is 2. The number of pyridine rings is 1. The average molecular weight is 450 g/mol. The van der Waals surface area contributed by atoms with Crippen molar-refractivity contribution in [3.05, 3.63) is 50.5 Å². The fourth-order valence-electron chi connectivity index (χ4n) is 5.10. The molecule has 164 valence electrons. The van der Waals surface area contributed by atoms with E-state index in [2.05, 4.69) is 11.4 Å². The number of nitrogens with one attached hydrogen (secondary N) is 1. The summed E-state index contributed by atoms with van der Waals surface area (Å²) in [5.74, 6) is -1.89. The smallest absolute Gasteiger partial charge is 0.341 e. The van der Waals surface area contributed by atoms with E-state index in [1.54, 1.807) is 0 Å². The molecule has 2 aliphatic carbocycles. The molecule has 0 bridgehead atoms. The van der Waals surface area contributed by atoms with Crippen LogP contribution in [-0.4, -0.2) is 48.0 Å². The number of fused-ring (bicyclic) bond motifs is 2. The van der Waals surface area contributed by atoms with Gasteiger partial charge < -0.3 is 19.9 Å². The first-order valence-corrected chi connectivity index (χ1v) is 10.7. The summed E-state index contributed by atoms with van der Waals surface area (Å²) in [4.78, 5) is 26.1. The molecular formula is C22H22ClF2N3O3. The summed E-state index contributed by atoms with van der Waals surface area (Å²) in [6.45, 7) is 1.10. The van der Waals surface area contributed by atoms with Gasteiger partial charge in [0, 0.05) is 37.7 Å². The zero-order valence-corrected chi connectivity index (χ0v) is 17.6. The summed E-state index contributed by atoms with van der Waals surface area (Å²) in [6, 6.07) is 0.723. The van der Waals surface area contributed by atoms with Crippen LogP contribution in [0, 0.1) is 11.7 Å². The first-order valence-electron chi connectivity index (χ1n) is 10.4. The van der Waals surface area contributed by atoms with E-state index in [1.807, 2.05) is 11.9 Å². The molecule has 6 nitrogen and oxygen atoms in total. The number of carboxylic acids is 1. The van der Waals surface area contributed by atoms with Crippen molar-refractivity contribution in [1.82, 2.24) is 9.88 Å². The second-order valence-electron chi connectivity index (χ2n) is 8.56. The summed E-state index contributed by atoms with van der Waals surface area (Å²) >= 11 is 6.68. The largest absolute Gasteiger partial charge is 0.477 e. The molecule has 1 saturated carbocycles. The number of halogens is 3. The lowest BCUT2D eigenvalue weighted by Gasteiger charge is -2.27. The number of alkyl halides is 1. The Morgan fingerprint density at radius 1 is 1.39 bits per heavy atom. The van der Waals surface area contributed by atoms with Gasteiger partial charge in [0.1, 0.15) is 17.6 Å². The molecule has 1 saturated heterocycles. The molecule has 2 N–H and O–H groups in total. The van der Waals surface area contributed by atoms with Gasteiger partial charge in [0.15, 0.2) is 0 Å². The van der Waals surface area contributed by atoms with Gasteiger partial charge in [0.05, 0.1) is 27.7 Å². The van der Waals surface area contributed by atoms with Crippen LogP contribution in [0.15, 0.2) is 28.7 Å². The Morgan fingerprint density at radius 2 is 2.13 bits per heavy atom. The van der Waals surface area contributed by atoms with Crippen molar-refractivity contribution in [2.75, 3.05) is 25.0 Å². The van der Waals surface area contributed by atoms with Gasteiger partial charge in [-0.1, -0.05) is 17.7 Å². The molecule has 2 heterocycles. The van der Waals surface area contributed by atoms with E-state index in [4.69, 9.17) is 11.6 Å². The molecule has 0 spiro atoms. The van der Waals surface area contributed by atoms with Crippen molar-refractivity contribution < 1.29 is 18.7 Å². The van der Waals surface area contributed by atoms with E-state index in [1.165, 1.54) is 10.1 Å². The molecule has 3 aliphatic rings. The maximum atomic E-state index is 15.3. The van der Waals surface area contributed by atoms with Crippen LogP contribution < -0.4 is 15.6 Å². The normalized spacial score (nSPS) is 27.4. The summed E-state index contributed by atoms with van der Waals surface area (Å²) in [6.07, 6.45) is 4.32. The van der Waals surface area contributed by atoms with E-state index >= 15 is 4.39 Å². The van der Waals surface area contributed by atoms with Gasteiger partial charge >= 0.3 is 5.97 Å². The first kappa shape index (κ1) is 20.5. The van der Waals surface area contributed by atoms with Crippen molar-refractivity contribution in [3.8, 4) is 0 Å². The summed E-state index contributed by atoms with van der Waals surface area (Å²) in [5, 5.41) is 12.6. The quantitative estimate of drug-likeness (QED) is 0.699. The minimum atomic E-state index is -1.44. The number of rotatable bonds is 4. The average Bonchev–Trinajstić information content (AvgIpc) is 3.29. The fraction of sp³-hybridized carbons (Fsp3) is 0.455. The molecule has 31 heavy (non-hydrogen) atoms. The van der Waals surface area contributed by atoms with Crippen LogP contribution in [-0.2, 0) is 0 Å². The van der Waals surface area contributed by atoms with Crippen molar-refractivity contribution in [1.29, 1.82) is 0 Å². The Bertz CT molecular complexity index is 1190. The summed E-state index contributed by atoms with van der Waals surface area (Å²) in [7, 11) is 1.92. The van der Waals surface area contributed by atoms with E-state index in [0.29, 0.717) is 19.1 Å². The number of hydrogen-bond acceptors (Lipinski definition) is 4. The fourth-order valence-corrected chi connectivity index (χ4v) is 5.51. The van der Waals surface area contributed by atoms with Gasteiger partial charge in [-0.05, 0) is 31.5 Å². The molecular weight excluding hydrogens is 428 g/mol. The van der Waals surface area contributed by atoms with Crippen LogP contribution >= 0.6 is 11.6 Å². The number of allylic oxidation sites excluding steroid dienone is 1. The number of nitrogens with zero attached hydrogens (tertiary/aromatic N) is 2. The lowest BCUT2D eigenvalue weighted by Crippen LogP contribution is -2.37. The highest BCUT2D eigenvalue weighted by Gasteiger charge is 2.42. The lowest BCUT2D eigenvalue weighted by molar-refractivity contribution is 0.0694. The number of anilines is 1. The molecule has 1 aromatic carbocycles. The van der Waals surface area contributed by atoms with Crippen molar-refractivity contribution in [3.63, 3.8) is 0 Å². The van der Waals surface area contributed by atoms with Crippen LogP contribution in [0.2, 0.25) is 5.02 Å². The number of aromatic nitrogens is 1. The van der Waals surface area contributed by atoms with Crippen LogP contribution in [0.25, 0.3) is 10.9 Å².